The van der Waals surface area contributed by atoms with Gasteiger partial charge in [-0.25, -0.2) is 4.39 Å². The van der Waals surface area contributed by atoms with E-state index in [9.17, 15) is 35.1 Å². The third kappa shape index (κ3) is 4.64. The fourth-order valence-corrected chi connectivity index (χ4v) is 1.71. The number of halogens is 10. The van der Waals surface area contributed by atoms with Crippen LogP contribution in [0.25, 0.3) is 0 Å². The van der Waals surface area contributed by atoms with Gasteiger partial charge in [0.1, 0.15) is 0 Å². The lowest BCUT2D eigenvalue weighted by Crippen LogP contribution is -2.48. The molecule has 0 bridgehead atoms. The predicted molar refractivity (Wildman–Crippen MR) is 63.4 cm³/mol. The van der Waals surface area contributed by atoms with Crippen molar-refractivity contribution in [3.05, 3.63) is 22.2 Å². The van der Waals surface area contributed by atoms with Crippen LogP contribution < -0.4 is 10.5 Å². The molecule has 0 saturated carbocycles. The maximum Gasteiger partial charge on any atom is 0.483 e. The molecule has 0 amide bonds. The van der Waals surface area contributed by atoms with Gasteiger partial charge in [-0.05, 0) is 12.1 Å². The lowest BCUT2D eigenvalue weighted by Gasteiger charge is -2.26. The molecule has 0 aliphatic rings. The molecule has 132 valence electrons. The Balaban J connectivity index is 3.00. The molecule has 3 nitrogen and oxygen atoms in total. The molecule has 0 aromatic heterocycles. The monoisotopic (exact) mass is 393 g/mol. The van der Waals surface area contributed by atoms with E-state index >= 15 is 0 Å². The highest BCUT2D eigenvalue weighted by atomic mass is 35.5. The Morgan fingerprint density at radius 1 is 0.957 bits per heavy atom. The molecule has 1 atom stereocenters. The van der Waals surface area contributed by atoms with Crippen LogP contribution in [0.15, 0.2) is 12.1 Å². The summed E-state index contributed by atoms with van der Waals surface area (Å²) in [7, 11) is 0. The van der Waals surface area contributed by atoms with Gasteiger partial charge in [0.25, 0.3) is 0 Å². The van der Waals surface area contributed by atoms with Crippen molar-refractivity contribution in [1.29, 1.82) is 0 Å². The second-order valence-corrected chi connectivity index (χ2v) is 4.74. The van der Waals surface area contributed by atoms with Gasteiger partial charge < -0.3 is 10.5 Å². The van der Waals surface area contributed by atoms with Gasteiger partial charge >= 0.3 is 24.8 Å². The summed E-state index contributed by atoms with van der Waals surface area (Å²) < 4.78 is 106. The number of alkyl halides is 8. The van der Waals surface area contributed by atoms with Crippen LogP contribution in [-0.2, 0) is 4.74 Å². The van der Waals surface area contributed by atoms with Gasteiger partial charge in [0.15, 0.2) is 5.75 Å². The number of anilines is 1. The largest absolute Gasteiger partial charge is 0.483 e. The zero-order chi connectivity index (χ0) is 18.2. The SMILES string of the molecule is Nc1cc(Cl)c(OC(F)(F)C(F)OC(F)(F)C(F)(F)F)c(Cl)c1. The Kier molecular flexibility index (Phi) is 5.49. The van der Waals surface area contributed by atoms with E-state index in [0.29, 0.717) is 0 Å². The maximum atomic E-state index is 13.3. The summed E-state index contributed by atoms with van der Waals surface area (Å²) in [5.74, 6) is -1.09. The van der Waals surface area contributed by atoms with Crippen LogP contribution in [0.1, 0.15) is 0 Å². The second kappa shape index (κ2) is 6.36. The normalized spacial score (nSPS) is 14.7. The fraction of sp³-hybridized carbons (Fsp3) is 0.400. The van der Waals surface area contributed by atoms with Crippen LogP contribution in [0, 0.1) is 0 Å². The lowest BCUT2D eigenvalue weighted by atomic mass is 10.3. The predicted octanol–water partition coefficient (Wildman–Crippen LogP) is 5.01. The number of nitrogen functional groups attached to an aromatic ring is 1. The first-order chi connectivity index (χ1) is 10.2. The van der Waals surface area contributed by atoms with E-state index in [1.165, 1.54) is 0 Å². The summed E-state index contributed by atoms with van der Waals surface area (Å²) in [6, 6.07) is 1.69. The second-order valence-electron chi connectivity index (χ2n) is 3.93. The van der Waals surface area contributed by atoms with Gasteiger partial charge in [0.2, 0.25) is 0 Å². The van der Waals surface area contributed by atoms with Gasteiger partial charge in [-0.15, -0.1) is 0 Å². The van der Waals surface area contributed by atoms with Crippen LogP contribution in [-0.4, -0.2) is 24.8 Å². The summed E-state index contributed by atoms with van der Waals surface area (Å²) in [5, 5.41) is -1.33. The molecular weight excluding hydrogens is 389 g/mol. The van der Waals surface area contributed by atoms with Gasteiger partial charge in [-0.1, -0.05) is 23.2 Å². The van der Waals surface area contributed by atoms with Crippen molar-refractivity contribution in [1.82, 2.24) is 0 Å². The van der Waals surface area contributed by atoms with Crippen molar-refractivity contribution in [2.24, 2.45) is 0 Å². The zero-order valence-electron chi connectivity index (χ0n) is 10.4. The summed E-state index contributed by atoms with van der Waals surface area (Å²) in [4.78, 5) is 0. The minimum absolute atomic E-state index is 0.104. The highest BCUT2D eigenvalue weighted by molar-refractivity contribution is 6.37. The first kappa shape index (κ1) is 19.8. The van der Waals surface area contributed by atoms with Crippen LogP contribution in [0.2, 0.25) is 10.0 Å². The Morgan fingerprint density at radius 3 is 1.78 bits per heavy atom. The Bertz CT molecular complexity index is 557. The average molecular weight is 394 g/mol. The van der Waals surface area contributed by atoms with E-state index in [1.54, 1.807) is 0 Å². The molecule has 0 heterocycles. The number of rotatable bonds is 5. The van der Waals surface area contributed by atoms with E-state index in [0.717, 1.165) is 12.1 Å². The highest BCUT2D eigenvalue weighted by Gasteiger charge is 2.64. The maximum absolute atomic E-state index is 13.3. The van der Waals surface area contributed by atoms with Crippen molar-refractivity contribution >= 4 is 28.9 Å². The first-order valence-electron chi connectivity index (χ1n) is 5.25. The van der Waals surface area contributed by atoms with Gasteiger partial charge in [-0.3, -0.25) is 4.74 Å². The molecule has 0 aliphatic carbocycles. The van der Waals surface area contributed by atoms with Crippen molar-refractivity contribution in [2.45, 2.75) is 24.8 Å². The fourth-order valence-electron chi connectivity index (χ4n) is 1.12. The third-order valence-electron chi connectivity index (χ3n) is 2.10. The van der Waals surface area contributed by atoms with Crippen molar-refractivity contribution in [3.8, 4) is 5.75 Å². The molecule has 13 heteroatoms. The van der Waals surface area contributed by atoms with Gasteiger partial charge in [0.05, 0.1) is 10.0 Å². The van der Waals surface area contributed by atoms with Crippen LogP contribution in [0.5, 0.6) is 5.75 Å². The smallest absolute Gasteiger partial charge is 0.425 e. The lowest BCUT2D eigenvalue weighted by molar-refractivity contribution is -0.442. The molecule has 1 aromatic rings. The standard InChI is InChI=1S/C10H5Cl2F8NO2/c11-4-1-3(21)2-5(12)6(4)22-8(14,15)7(13)23-10(19,20)9(16,17)18/h1-2,7H,21H2. The van der Waals surface area contributed by atoms with Gasteiger partial charge in [-0.2, -0.15) is 30.7 Å². The van der Waals surface area contributed by atoms with E-state index in [1.807, 2.05) is 0 Å². The number of hydrogen-bond acceptors (Lipinski definition) is 3. The zero-order valence-corrected chi connectivity index (χ0v) is 11.9. The average Bonchev–Trinajstić information content (AvgIpc) is 2.31. The van der Waals surface area contributed by atoms with E-state index in [2.05, 4.69) is 9.47 Å². The van der Waals surface area contributed by atoms with Crippen LogP contribution >= 0.6 is 23.2 Å². The molecule has 0 aliphatic heterocycles. The molecule has 23 heavy (non-hydrogen) atoms. The summed E-state index contributed by atoms with van der Waals surface area (Å²) in [5.41, 5.74) is 5.14. The first-order valence-corrected chi connectivity index (χ1v) is 6.01. The van der Waals surface area contributed by atoms with Crippen LogP contribution in [0.3, 0.4) is 0 Å². The van der Waals surface area contributed by atoms with Crippen LogP contribution in [0.4, 0.5) is 40.8 Å². The summed E-state index contributed by atoms with van der Waals surface area (Å²) in [6.45, 7) is 0. The molecule has 1 aromatic carbocycles. The molecule has 0 radical (unpaired) electrons. The minimum atomic E-state index is -6.41. The molecule has 2 N–H and O–H groups in total. The topological polar surface area (TPSA) is 44.5 Å². The molecule has 0 saturated heterocycles. The number of ether oxygens (including phenoxy) is 2. The highest BCUT2D eigenvalue weighted by Crippen LogP contribution is 2.42. The molecule has 0 fully saturated rings. The molecule has 0 spiro atoms. The van der Waals surface area contributed by atoms with E-state index in [4.69, 9.17) is 28.9 Å². The number of nitrogens with two attached hydrogens (primary N) is 1. The number of hydrogen-bond donors (Lipinski definition) is 1. The van der Waals surface area contributed by atoms with Gasteiger partial charge in [0, 0.05) is 5.69 Å². The minimum Gasteiger partial charge on any atom is -0.425 e. The van der Waals surface area contributed by atoms with Crippen molar-refractivity contribution in [3.63, 3.8) is 0 Å². The number of benzene rings is 1. The Labute approximate surface area is 132 Å². The Morgan fingerprint density at radius 2 is 1.39 bits per heavy atom. The Hall–Kier alpha value is -1.20. The van der Waals surface area contributed by atoms with E-state index < -0.39 is 40.5 Å². The third-order valence-corrected chi connectivity index (χ3v) is 2.67. The van der Waals surface area contributed by atoms with Crippen molar-refractivity contribution < 1.29 is 44.6 Å². The van der Waals surface area contributed by atoms with E-state index in [-0.39, 0.29) is 5.69 Å². The molecule has 1 rings (SSSR count). The summed E-state index contributed by atoms with van der Waals surface area (Å²) in [6.07, 6.45) is -22.3. The molecular formula is C10H5Cl2F8NO2. The van der Waals surface area contributed by atoms with Crippen molar-refractivity contribution in [2.75, 3.05) is 5.73 Å². The molecule has 1 unspecified atom stereocenters. The quantitative estimate of drug-likeness (QED) is 0.564. The summed E-state index contributed by atoms with van der Waals surface area (Å²) >= 11 is 10.9.